The molecule has 0 unspecified atom stereocenters. The largest absolute Gasteiger partial charge is 0.478 e. The van der Waals surface area contributed by atoms with E-state index in [9.17, 15) is 15.2 Å². The number of para-hydroxylation sites is 1. The standard InChI is InChI=1S/C34H34ClN5O4/c1-33(29-9-7-24(35)19-37-29)43-28-5-3-2-4-25(28)31(44-33)22-10-16-39(17-11-22)20-30-38-26-8-6-23(32(41)42)18-27(26)40(30)21-34(12-13-34)14-15-36/h2-9,18-19,22,31H,10-14,16-17,20-21H2,1H3,(H,41,42)/t31-,33+/m0/s1. The number of likely N-dealkylation sites (tertiary alicyclic amines) is 1. The van der Waals surface area contributed by atoms with Crippen LogP contribution in [0.15, 0.2) is 60.8 Å². The zero-order valence-corrected chi connectivity index (χ0v) is 25.3. The lowest BCUT2D eigenvalue weighted by molar-refractivity contribution is -0.244. The van der Waals surface area contributed by atoms with E-state index < -0.39 is 11.8 Å². The van der Waals surface area contributed by atoms with Gasteiger partial charge >= 0.3 is 5.97 Å². The third kappa shape index (κ3) is 5.43. The molecule has 1 saturated carbocycles. The van der Waals surface area contributed by atoms with Crippen LogP contribution in [0.25, 0.3) is 11.0 Å². The smallest absolute Gasteiger partial charge is 0.335 e. The number of benzene rings is 2. The summed E-state index contributed by atoms with van der Waals surface area (Å²) >= 11 is 6.11. The van der Waals surface area contributed by atoms with Gasteiger partial charge in [0.25, 0.3) is 5.79 Å². The number of aromatic nitrogens is 3. The number of fused-ring (bicyclic) bond motifs is 2. The molecule has 0 bridgehead atoms. The number of nitriles is 1. The molecule has 1 saturated heterocycles. The molecular formula is C34H34ClN5O4. The Labute approximate surface area is 261 Å². The van der Waals surface area contributed by atoms with Crippen molar-refractivity contribution in [3.8, 4) is 11.8 Å². The maximum Gasteiger partial charge on any atom is 0.335 e. The van der Waals surface area contributed by atoms with Gasteiger partial charge in [0.1, 0.15) is 17.3 Å². The number of halogens is 1. The van der Waals surface area contributed by atoms with E-state index in [1.165, 1.54) is 0 Å². The first-order valence-electron chi connectivity index (χ1n) is 15.2. The van der Waals surface area contributed by atoms with Crippen molar-refractivity contribution in [3.63, 3.8) is 0 Å². The van der Waals surface area contributed by atoms with Crippen molar-refractivity contribution in [3.05, 3.63) is 88.5 Å². The van der Waals surface area contributed by atoms with Gasteiger partial charge in [-0.25, -0.2) is 9.78 Å². The summed E-state index contributed by atoms with van der Waals surface area (Å²) in [5.74, 6) is 0.0137. The second-order valence-corrected chi connectivity index (χ2v) is 13.0. The van der Waals surface area contributed by atoms with Gasteiger partial charge in [-0.1, -0.05) is 29.8 Å². The number of aromatic carboxylic acids is 1. The average molecular weight is 612 g/mol. The number of carboxylic acids is 1. The topological polar surface area (TPSA) is 113 Å². The van der Waals surface area contributed by atoms with Gasteiger partial charge in [-0.3, -0.25) is 9.88 Å². The molecule has 0 amide bonds. The lowest BCUT2D eigenvalue weighted by Gasteiger charge is -2.44. The Morgan fingerprint density at radius 3 is 2.66 bits per heavy atom. The van der Waals surface area contributed by atoms with E-state index in [0.717, 1.165) is 66.9 Å². The van der Waals surface area contributed by atoms with Crippen LogP contribution in [0.3, 0.4) is 0 Å². The summed E-state index contributed by atoms with van der Waals surface area (Å²) in [6, 6.07) is 19.2. The highest BCUT2D eigenvalue weighted by atomic mass is 35.5. The van der Waals surface area contributed by atoms with Crippen molar-refractivity contribution in [2.24, 2.45) is 11.3 Å². The normalized spacial score (nSPS) is 23.1. The van der Waals surface area contributed by atoms with Gasteiger partial charge in [0.15, 0.2) is 0 Å². The first-order valence-corrected chi connectivity index (χ1v) is 15.5. The SMILES string of the molecule is C[C@@]1(c2ccc(Cl)cn2)Oc2ccccc2[C@H](C2CCN(Cc3nc4ccc(C(=O)O)cc4n3CC3(CC#N)CC3)CC2)O1. The van der Waals surface area contributed by atoms with Crippen molar-refractivity contribution >= 4 is 28.6 Å². The van der Waals surface area contributed by atoms with E-state index in [4.69, 9.17) is 26.1 Å². The summed E-state index contributed by atoms with van der Waals surface area (Å²) in [5.41, 5.74) is 3.53. The van der Waals surface area contributed by atoms with Gasteiger partial charge < -0.3 is 19.1 Å². The second-order valence-electron chi connectivity index (χ2n) is 12.6. The number of hydrogen-bond acceptors (Lipinski definition) is 7. The van der Waals surface area contributed by atoms with Crippen LogP contribution < -0.4 is 4.74 Å². The first-order chi connectivity index (χ1) is 21.3. The van der Waals surface area contributed by atoms with Crippen LogP contribution in [0.2, 0.25) is 5.02 Å². The van der Waals surface area contributed by atoms with Crippen LogP contribution >= 0.6 is 11.6 Å². The van der Waals surface area contributed by atoms with Crippen molar-refractivity contribution < 1.29 is 19.4 Å². The third-order valence-electron chi connectivity index (χ3n) is 9.48. The highest BCUT2D eigenvalue weighted by Gasteiger charge is 2.45. The summed E-state index contributed by atoms with van der Waals surface area (Å²) in [5, 5.41) is 19.6. The van der Waals surface area contributed by atoms with Crippen LogP contribution in [0.1, 0.15) is 72.6 Å². The summed E-state index contributed by atoms with van der Waals surface area (Å²) in [4.78, 5) is 23.6. The molecule has 10 heteroatoms. The van der Waals surface area contributed by atoms with Crippen molar-refractivity contribution in [2.45, 2.75) is 64.0 Å². The maximum absolute atomic E-state index is 11.7. The molecule has 2 aromatic carbocycles. The molecule has 0 radical (unpaired) electrons. The predicted octanol–water partition coefficient (Wildman–Crippen LogP) is 6.71. The Bertz CT molecular complexity index is 1750. The summed E-state index contributed by atoms with van der Waals surface area (Å²) in [7, 11) is 0. The lowest BCUT2D eigenvalue weighted by Crippen LogP contribution is -2.43. The zero-order valence-electron chi connectivity index (χ0n) is 24.6. The molecule has 226 valence electrons. The second kappa shape index (κ2) is 11.2. The van der Waals surface area contributed by atoms with Crippen molar-refractivity contribution in [2.75, 3.05) is 13.1 Å². The lowest BCUT2D eigenvalue weighted by atomic mass is 9.86. The molecule has 1 N–H and O–H groups in total. The number of ether oxygens (including phenoxy) is 2. The Morgan fingerprint density at radius 1 is 1.16 bits per heavy atom. The van der Waals surface area contributed by atoms with E-state index >= 15 is 0 Å². The molecule has 7 rings (SSSR count). The fraction of sp³-hybridized carbons (Fsp3) is 0.412. The van der Waals surface area contributed by atoms with Crippen molar-refractivity contribution in [1.29, 1.82) is 5.26 Å². The molecule has 2 atom stereocenters. The minimum atomic E-state index is -1.04. The molecule has 3 aliphatic rings. The van der Waals surface area contributed by atoms with E-state index in [1.54, 1.807) is 30.5 Å². The Kier molecular flexibility index (Phi) is 7.32. The number of imidazole rings is 1. The Hall–Kier alpha value is -3.97. The maximum atomic E-state index is 11.7. The number of piperidine rings is 1. The number of rotatable bonds is 8. The molecular weight excluding hydrogens is 578 g/mol. The van der Waals surface area contributed by atoms with Crippen LogP contribution in [0.4, 0.5) is 0 Å². The molecule has 44 heavy (non-hydrogen) atoms. The predicted molar refractivity (Wildman–Crippen MR) is 164 cm³/mol. The number of hydrogen-bond donors (Lipinski definition) is 1. The highest BCUT2D eigenvalue weighted by molar-refractivity contribution is 6.30. The average Bonchev–Trinajstić information content (AvgIpc) is 3.71. The minimum absolute atomic E-state index is 0.0528. The summed E-state index contributed by atoms with van der Waals surface area (Å²) in [6.07, 6.45) is 5.83. The first kappa shape index (κ1) is 28.8. The van der Waals surface area contributed by atoms with Gasteiger partial charge in [0.2, 0.25) is 0 Å². The van der Waals surface area contributed by atoms with Crippen LogP contribution in [0.5, 0.6) is 5.75 Å². The molecule has 2 fully saturated rings. The van der Waals surface area contributed by atoms with Crippen LogP contribution in [0, 0.1) is 22.7 Å². The number of pyridine rings is 1. The van der Waals surface area contributed by atoms with E-state index in [0.29, 0.717) is 30.2 Å². The Morgan fingerprint density at radius 2 is 1.95 bits per heavy atom. The molecule has 4 aromatic rings. The molecule has 9 nitrogen and oxygen atoms in total. The van der Waals surface area contributed by atoms with E-state index in [1.807, 2.05) is 31.2 Å². The summed E-state index contributed by atoms with van der Waals surface area (Å²) in [6.45, 7) is 4.99. The van der Waals surface area contributed by atoms with Gasteiger partial charge in [-0.2, -0.15) is 5.26 Å². The highest BCUT2D eigenvalue weighted by Crippen LogP contribution is 2.51. The van der Waals surface area contributed by atoms with Crippen LogP contribution in [-0.4, -0.2) is 43.6 Å². The number of carbonyl (C=O) groups is 1. The third-order valence-corrected chi connectivity index (χ3v) is 9.70. The van der Waals surface area contributed by atoms with Crippen molar-refractivity contribution in [1.82, 2.24) is 19.4 Å². The molecule has 2 aromatic heterocycles. The van der Waals surface area contributed by atoms with E-state index in [2.05, 4.69) is 26.6 Å². The fourth-order valence-corrected chi connectivity index (χ4v) is 6.85. The monoisotopic (exact) mass is 611 g/mol. The fourth-order valence-electron chi connectivity index (χ4n) is 6.74. The van der Waals surface area contributed by atoms with Gasteiger partial charge in [-0.15, -0.1) is 0 Å². The molecule has 2 aliphatic heterocycles. The quantitative estimate of drug-likeness (QED) is 0.234. The van der Waals surface area contributed by atoms with Gasteiger partial charge in [0.05, 0.1) is 40.3 Å². The van der Waals surface area contributed by atoms with Gasteiger partial charge in [-0.05, 0) is 81.1 Å². The minimum Gasteiger partial charge on any atom is -0.478 e. The Balaban J connectivity index is 1.11. The van der Waals surface area contributed by atoms with E-state index in [-0.39, 0.29) is 23.0 Å². The molecule has 4 heterocycles. The summed E-state index contributed by atoms with van der Waals surface area (Å²) < 4.78 is 15.3. The molecule has 1 aliphatic carbocycles. The number of carboxylic acid groups (broad SMARTS) is 1. The molecule has 0 spiro atoms. The van der Waals surface area contributed by atoms with Gasteiger partial charge in [0, 0.05) is 37.1 Å². The number of nitrogens with zero attached hydrogens (tertiary/aromatic N) is 5. The van der Waals surface area contributed by atoms with Crippen LogP contribution in [-0.2, 0) is 23.6 Å². The zero-order chi connectivity index (χ0) is 30.5.